The highest BCUT2D eigenvalue weighted by atomic mass is 16.5. The van der Waals surface area contributed by atoms with E-state index in [1.807, 2.05) is 20.8 Å². The third-order valence-electron chi connectivity index (χ3n) is 1.81. The van der Waals surface area contributed by atoms with Crippen LogP contribution in [0.3, 0.4) is 0 Å². The normalized spacial score (nSPS) is 24.2. The van der Waals surface area contributed by atoms with E-state index in [2.05, 4.69) is 5.32 Å². The lowest BCUT2D eigenvalue weighted by Gasteiger charge is -2.21. The van der Waals surface area contributed by atoms with Gasteiger partial charge in [0.15, 0.2) is 0 Å². The van der Waals surface area contributed by atoms with Crippen molar-refractivity contribution in [1.29, 1.82) is 0 Å². The molecule has 1 heterocycles. The fraction of sp³-hybridized carbons (Fsp3) is 0.889. The van der Waals surface area contributed by atoms with Gasteiger partial charge in [0.25, 0.3) is 0 Å². The van der Waals surface area contributed by atoms with Crippen molar-refractivity contribution in [2.75, 3.05) is 13.2 Å². The zero-order valence-electron chi connectivity index (χ0n) is 8.02. The molecule has 1 saturated heterocycles. The minimum atomic E-state index is -0.0916. The number of hydrogen-bond donors (Lipinski definition) is 1. The topological polar surface area (TPSA) is 38.3 Å². The van der Waals surface area contributed by atoms with Crippen molar-refractivity contribution in [2.24, 2.45) is 5.92 Å². The molecule has 0 aromatic rings. The molecule has 3 nitrogen and oxygen atoms in total. The van der Waals surface area contributed by atoms with Gasteiger partial charge in [-0.05, 0) is 20.8 Å². The van der Waals surface area contributed by atoms with Crippen LogP contribution in [0.25, 0.3) is 0 Å². The molecular formula is C9H17NO2. The molecule has 1 rings (SSSR count). The molecular weight excluding hydrogens is 154 g/mol. The summed E-state index contributed by atoms with van der Waals surface area (Å²) in [6, 6.07) is 0. The van der Waals surface area contributed by atoms with Crippen LogP contribution in [0.5, 0.6) is 0 Å². The van der Waals surface area contributed by atoms with E-state index < -0.39 is 0 Å². The highest BCUT2D eigenvalue weighted by Crippen LogP contribution is 2.14. The number of carbonyl (C=O) groups is 1. The first-order chi connectivity index (χ1) is 5.47. The molecule has 3 heteroatoms. The Hall–Kier alpha value is -0.570. The summed E-state index contributed by atoms with van der Waals surface area (Å²) in [5.41, 5.74) is -0.0916. The molecule has 1 aliphatic heterocycles. The Kier molecular flexibility index (Phi) is 2.73. The zero-order chi connectivity index (χ0) is 9.19. The molecule has 0 aromatic carbocycles. The van der Waals surface area contributed by atoms with Crippen LogP contribution in [-0.2, 0) is 9.53 Å². The van der Waals surface area contributed by atoms with Crippen molar-refractivity contribution in [3.63, 3.8) is 0 Å². The van der Waals surface area contributed by atoms with Gasteiger partial charge in [-0.1, -0.05) is 0 Å². The van der Waals surface area contributed by atoms with Gasteiger partial charge in [-0.15, -0.1) is 0 Å². The highest BCUT2D eigenvalue weighted by Gasteiger charge is 2.23. The second kappa shape index (κ2) is 3.44. The van der Waals surface area contributed by atoms with Crippen LogP contribution in [0.4, 0.5) is 0 Å². The largest absolute Gasteiger partial charge is 0.375 e. The van der Waals surface area contributed by atoms with Gasteiger partial charge in [0.05, 0.1) is 12.2 Å². The number of amides is 1. The van der Waals surface area contributed by atoms with Crippen LogP contribution < -0.4 is 5.32 Å². The number of carbonyl (C=O) groups excluding carboxylic acids is 1. The molecule has 1 amide bonds. The van der Waals surface area contributed by atoms with Crippen molar-refractivity contribution in [3.8, 4) is 0 Å². The van der Waals surface area contributed by atoms with Gasteiger partial charge >= 0.3 is 0 Å². The average Bonchev–Trinajstić information content (AvgIpc) is 2.30. The summed E-state index contributed by atoms with van der Waals surface area (Å²) in [5, 5.41) is 2.79. The van der Waals surface area contributed by atoms with Gasteiger partial charge in [-0.25, -0.2) is 0 Å². The van der Waals surface area contributed by atoms with Gasteiger partial charge in [0.2, 0.25) is 5.91 Å². The predicted molar refractivity (Wildman–Crippen MR) is 46.8 cm³/mol. The van der Waals surface area contributed by atoms with Crippen LogP contribution in [0, 0.1) is 5.92 Å². The van der Waals surface area contributed by atoms with Gasteiger partial charge in [0.1, 0.15) is 0 Å². The third kappa shape index (κ3) is 3.22. The molecule has 0 saturated carbocycles. The maximum atomic E-state index is 10.8. The molecule has 0 aromatic heterocycles. The average molecular weight is 171 g/mol. The fourth-order valence-corrected chi connectivity index (χ4v) is 1.15. The van der Waals surface area contributed by atoms with Gasteiger partial charge in [0, 0.05) is 18.9 Å². The van der Waals surface area contributed by atoms with Crippen molar-refractivity contribution in [3.05, 3.63) is 0 Å². The standard InChI is InChI=1S/C9H17NO2/c1-9(2,3)12-6-7-4-8(11)10-5-7/h7H,4-6H2,1-3H3,(H,10,11)/t7-/m1/s1. The summed E-state index contributed by atoms with van der Waals surface area (Å²) >= 11 is 0. The second-order valence-corrected chi connectivity index (χ2v) is 4.30. The van der Waals surface area contributed by atoms with Gasteiger partial charge in [-0.2, -0.15) is 0 Å². The minimum absolute atomic E-state index is 0.0916. The zero-order valence-corrected chi connectivity index (χ0v) is 8.02. The number of rotatable bonds is 2. The summed E-state index contributed by atoms with van der Waals surface area (Å²) < 4.78 is 5.57. The van der Waals surface area contributed by atoms with Crippen LogP contribution in [0.2, 0.25) is 0 Å². The molecule has 1 aliphatic rings. The maximum Gasteiger partial charge on any atom is 0.220 e. The van der Waals surface area contributed by atoms with E-state index in [0.29, 0.717) is 18.9 Å². The minimum Gasteiger partial charge on any atom is -0.375 e. The van der Waals surface area contributed by atoms with Crippen molar-refractivity contribution >= 4 is 5.91 Å². The van der Waals surface area contributed by atoms with Crippen molar-refractivity contribution in [2.45, 2.75) is 32.8 Å². The molecule has 0 radical (unpaired) electrons. The summed E-state index contributed by atoms with van der Waals surface area (Å²) in [5.74, 6) is 0.522. The Morgan fingerprint density at radius 1 is 1.58 bits per heavy atom. The highest BCUT2D eigenvalue weighted by molar-refractivity contribution is 5.78. The number of hydrogen-bond acceptors (Lipinski definition) is 2. The SMILES string of the molecule is CC(C)(C)OC[C@H]1CNC(=O)C1. The Morgan fingerprint density at radius 3 is 2.67 bits per heavy atom. The lowest BCUT2D eigenvalue weighted by molar-refractivity contribution is -0.119. The molecule has 70 valence electrons. The lowest BCUT2D eigenvalue weighted by atomic mass is 10.1. The molecule has 1 atom stereocenters. The molecule has 0 unspecified atom stereocenters. The summed E-state index contributed by atoms with van der Waals surface area (Å²) in [4.78, 5) is 10.8. The predicted octanol–water partition coefficient (Wildman–Crippen LogP) is 0.938. The van der Waals surface area contributed by atoms with E-state index in [1.165, 1.54) is 0 Å². The van der Waals surface area contributed by atoms with E-state index in [-0.39, 0.29) is 11.5 Å². The fourth-order valence-electron chi connectivity index (χ4n) is 1.15. The van der Waals surface area contributed by atoms with Crippen LogP contribution in [-0.4, -0.2) is 24.7 Å². The molecule has 1 N–H and O–H groups in total. The van der Waals surface area contributed by atoms with Crippen molar-refractivity contribution < 1.29 is 9.53 Å². The summed E-state index contributed by atoms with van der Waals surface area (Å²) in [7, 11) is 0. The monoisotopic (exact) mass is 171 g/mol. The molecule has 0 aliphatic carbocycles. The Morgan fingerprint density at radius 2 is 2.25 bits per heavy atom. The van der Waals surface area contributed by atoms with Gasteiger partial charge < -0.3 is 10.1 Å². The first kappa shape index (κ1) is 9.52. The Labute approximate surface area is 73.5 Å². The summed E-state index contributed by atoms with van der Waals surface area (Å²) in [6.45, 7) is 7.53. The van der Waals surface area contributed by atoms with E-state index in [1.54, 1.807) is 0 Å². The third-order valence-corrected chi connectivity index (χ3v) is 1.81. The molecule has 12 heavy (non-hydrogen) atoms. The first-order valence-corrected chi connectivity index (χ1v) is 4.38. The number of nitrogens with one attached hydrogen (secondary N) is 1. The van der Waals surface area contributed by atoms with Crippen molar-refractivity contribution in [1.82, 2.24) is 5.32 Å². The molecule has 0 spiro atoms. The van der Waals surface area contributed by atoms with Gasteiger partial charge in [-0.3, -0.25) is 4.79 Å². The van der Waals surface area contributed by atoms with E-state index >= 15 is 0 Å². The van der Waals surface area contributed by atoms with E-state index in [4.69, 9.17) is 4.74 Å². The van der Waals surface area contributed by atoms with Crippen LogP contribution in [0.1, 0.15) is 27.2 Å². The van der Waals surface area contributed by atoms with E-state index in [0.717, 1.165) is 6.54 Å². The molecule has 0 bridgehead atoms. The quantitative estimate of drug-likeness (QED) is 0.671. The van der Waals surface area contributed by atoms with E-state index in [9.17, 15) is 4.79 Å². The summed E-state index contributed by atoms with van der Waals surface area (Å²) in [6.07, 6.45) is 0.621. The first-order valence-electron chi connectivity index (χ1n) is 4.38. The van der Waals surface area contributed by atoms with Crippen LogP contribution in [0.15, 0.2) is 0 Å². The Balaban J connectivity index is 2.20. The maximum absolute atomic E-state index is 10.8. The lowest BCUT2D eigenvalue weighted by Crippen LogP contribution is -2.24. The smallest absolute Gasteiger partial charge is 0.220 e. The molecule has 1 fully saturated rings. The Bertz CT molecular complexity index is 172. The second-order valence-electron chi connectivity index (χ2n) is 4.30. The number of ether oxygens (including phenoxy) is 1. The van der Waals surface area contributed by atoms with Crippen LogP contribution >= 0.6 is 0 Å².